The Bertz CT molecular complexity index is 1810. The van der Waals surface area contributed by atoms with Gasteiger partial charge in [0, 0.05) is 5.56 Å². The molecule has 228 valence electrons. The summed E-state index contributed by atoms with van der Waals surface area (Å²) in [7, 11) is -5.82. The molecule has 9 heteroatoms. The van der Waals surface area contributed by atoms with E-state index in [-0.39, 0.29) is 12.4 Å². The van der Waals surface area contributed by atoms with Gasteiger partial charge in [0.1, 0.15) is 12.4 Å². The second-order valence-electron chi connectivity index (χ2n) is 12.7. The highest BCUT2D eigenvalue weighted by Gasteiger charge is 2.54. The van der Waals surface area contributed by atoms with Crippen LogP contribution >= 0.6 is 0 Å². The molecule has 8 rings (SSSR count). The van der Waals surface area contributed by atoms with Crippen molar-refractivity contribution in [2.75, 3.05) is 0 Å². The molecule has 0 radical (unpaired) electrons. The van der Waals surface area contributed by atoms with E-state index in [1.165, 1.54) is 6.07 Å². The molecule has 4 fully saturated rings. The van der Waals surface area contributed by atoms with Crippen LogP contribution in [0.15, 0.2) is 84.9 Å². The van der Waals surface area contributed by atoms with E-state index < -0.39 is 27.0 Å². The Morgan fingerprint density at radius 1 is 0.773 bits per heavy atom. The smallest absolute Gasteiger partial charge is 0.457 e. The van der Waals surface area contributed by atoms with Crippen molar-refractivity contribution in [3.05, 3.63) is 102 Å². The number of ether oxygens (including phenoxy) is 1. The minimum absolute atomic E-state index is 0.173. The molecule has 0 aromatic heterocycles. The fourth-order valence-corrected chi connectivity index (χ4v) is 8.64. The summed E-state index contributed by atoms with van der Waals surface area (Å²) in [5.41, 5.74) is -2.46. The van der Waals surface area contributed by atoms with E-state index in [1.807, 2.05) is 60.7 Å². The molecule has 0 spiro atoms. The first kappa shape index (κ1) is 28.9. The van der Waals surface area contributed by atoms with Gasteiger partial charge in [0.05, 0.1) is 5.56 Å². The average Bonchev–Trinajstić information content (AvgIpc) is 2.98. The molecule has 4 aliphatic carbocycles. The average molecular weight is 621 g/mol. The largest absolute Gasteiger partial charge is 0.534 e. The zero-order valence-electron chi connectivity index (χ0n) is 23.8. The van der Waals surface area contributed by atoms with Crippen LogP contribution in [0.3, 0.4) is 0 Å². The Morgan fingerprint density at radius 2 is 1.36 bits per heavy atom. The van der Waals surface area contributed by atoms with Crippen molar-refractivity contribution in [1.29, 1.82) is 0 Å². The normalized spacial score (nSPS) is 24.4. The Hall–Kier alpha value is -3.85. The molecule has 4 aromatic rings. The molecule has 0 atom stereocenters. The molecular formula is C35H31F3O5S. The summed E-state index contributed by atoms with van der Waals surface area (Å²) in [5.74, 6) is 0.820. The van der Waals surface area contributed by atoms with E-state index in [2.05, 4.69) is 0 Å². The van der Waals surface area contributed by atoms with Crippen LogP contribution < -0.4 is 4.18 Å². The number of carbonyl (C=O) groups is 1. The highest BCUT2D eigenvalue weighted by molar-refractivity contribution is 7.88. The highest BCUT2D eigenvalue weighted by Crippen LogP contribution is 2.62. The Balaban J connectivity index is 1.21. The van der Waals surface area contributed by atoms with E-state index >= 15 is 0 Å². The zero-order chi connectivity index (χ0) is 30.7. The van der Waals surface area contributed by atoms with Gasteiger partial charge in [-0.05, 0) is 119 Å². The van der Waals surface area contributed by atoms with Crippen molar-refractivity contribution < 1.29 is 35.3 Å². The fourth-order valence-electron chi connectivity index (χ4n) is 8.16. The van der Waals surface area contributed by atoms with Crippen LogP contribution in [0, 0.1) is 17.8 Å². The van der Waals surface area contributed by atoms with Gasteiger partial charge in [-0.1, -0.05) is 54.6 Å². The van der Waals surface area contributed by atoms with Gasteiger partial charge in [0.15, 0.2) is 0 Å². The Labute approximate surface area is 254 Å². The van der Waals surface area contributed by atoms with Crippen molar-refractivity contribution in [3.8, 4) is 16.9 Å². The molecule has 0 unspecified atom stereocenters. The summed E-state index contributed by atoms with van der Waals surface area (Å²) in [4.78, 5) is 12.7. The van der Waals surface area contributed by atoms with E-state index in [0.29, 0.717) is 28.9 Å². The second kappa shape index (κ2) is 10.6. The summed E-state index contributed by atoms with van der Waals surface area (Å²) >= 11 is 0. The molecule has 44 heavy (non-hydrogen) atoms. The van der Waals surface area contributed by atoms with Gasteiger partial charge in [-0.2, -0.15) is 21.6 Å². The molecule has 0 N–H and O–H groups in total. The van der Waals surface area contributed by atoms with Crippen LogP contribution in [-0.4, -0.2) is 19.9 Å². The molecule has 0 saturated heterocycles. The van der Waals surface area contributed by atoms with Gasteiger partial charge >= 0.3 is 21.6 Å². The number of rotatable bonds is 7. The standard InChI is InChI=1S/C35H31F3O5S/c36-35(37,38)44(40,41)43-32-11-10-29(17-31(32)34-18-23-12-24(19-34)14-25(13-23)20-34)27-6-7-28-16-30(9-8-26(28)15-27)33(39)42-21-22-4-2-1-3-5-22/h1-11,15-17,23-25H,12-14,18-21H2. The predicted octanol–water partition coefficient (Wildman–Crippen LogP) is 8.56. The Kier molecular flexibility index (Phi) is 6.99. The molecule has 0 heterocycles. The topological polar surface area (TPSA) is 69.7 Å². The van der Waals surface area contributed by atoms with Crippen molar-refractivity contribution in [3.63, 3.8) is 0 Å². The maximum absolute atomic E-state index is 13.4. The first-order valence-corrected chi connectivity index (χ1v) is 16.3. The SMILES string of the molecule is O=C(OCc1ccccc1)c1ccc2cc(-c3ccc(OS(=O)(=O)C(F)(F)F)c(C45CC6CC(CC(C6)C4)C5)c3)ccc2c1. The van der Waals surface area contributed by atoms with Crippen molar-refractivity contribution in [2.24, 2.45) is 17.8 Å². The minimum atomic E-state index is -5.82. The van der Waals surface area contributed by atoms with Gasteiger partial charge < -0.3 is 8.92 Å². The van der Waals surface area contributed by atoms with E-state index in [9.17, 15) is 26.4 Å². The lowest BCUT2D eigenvalue weighted by Crippen LogP contribution is -2.48. The third-order valence-corrected chi connectivity index (χ3v) is 10.7. The van der Waals surface area contributed by atoms with E-state index in [0.717, 1.165) is 66.0 Å². The lowest BCUT2D eigenvalue weighted by atomic mass is 9.48. The number of esters is 1. The lowest BCUT2D eigenvalue weighted by molar-refractivity contribution is -0.0502. The summed E-state index contributed by atoms with van der Waals surface area (Å²) in [6.45, 7) is 0.173. The maximum atomic E-state index is 13.4. The van der Waals surface area contributed by atoms with Crippen LogP contribution in [0.4, 0.5) is 13.2 Å². The first-order chi connectivity index (χ1) is 21.0. The van der Waals surface area contributed by atoms with Crippen molar-refractivity contribution >= 4 is 26.9 Å². The summed E-state index contributed by atoms with van der Waals surface area (Å²) in [6, 6.07) is 25.3. The molecule has 0 amide bonds. The van der Waals surface area contributed by atoms with Crippen molar-refractivity contribution in [2.45, 2.75) is 56.1 Å². The molecule has 0 aliphatic heterocycles. The third kappa shape index (κ3) is 5.36. The number of hydrogen-bond donors (Lipinski definition) is 0. The minimum Gasteiger partial charge on any atom is -0.457 e. The number of alkyl halides is 3. The lowest BCUT2D eigenvalue weighted by Gasteiger charge is -2.57. The van der Waals surface area contributed by atoms with Crippen LogP contribution in [0.2, 0.25) is 0 Å². The number of benzene rings is 4. The molecule has 5 nitrogen and oxygen atoms in total. The number of carbonyl (C=O) groups excluding carboxylic acids is 1. The van der Waals surface area contributed by atoms with Crippen LogP contribution in [0.5, 0.6) is 5.75 Å². The van der Waals surface area contributed by atoms with Crippen LogP contribution in [0.25, 0.3) is 21.9 Å². The summed E-state index contributed by atoms with van der Waals surface area (Å²) < 4.78 is 74.6. The molecule has 4 bridgehead atoms. The highest BCUT2D eigenvalue weighted by atomic mass is 32.2. The maximum Gasteiger partial charge on any atom is 0.534 e. The van der Waals surface area contributed by atoms with Gasteiger partial charge in [-0.3, -0.25) is 0 Å². The second-order valence-corrected chi connectivity index (χ2v) is 14.3. The predicted molar refractivity (Wildman–Crippen MR) is 160 cm³/mol. The number of halogens is 3. The van der Waals surface area contributed by atoms with Crippen LogP contribution in [-0.2, 0) is 26.9 Å². The molecule has 4 aliphatic rings. The number of hydrogen-bond acceptors (Lipinski definition) is 5. The Morgan fingerprint density at radius 3 is 2.02 bits per heavy atom. The quantitative estimate of drug-likeness (QED) is 0.118. The molecular weight excluding hydrogens is 589 g/mol. The molecule has 4 saturated carbocycles. The fraction of sp³-hybridized carbons (Fsp3) is 0.343. The van der Waals surface area contributed by atoms with E-state index in [1.54, 1.807) is 18.2 Å². The van der Waals surface area contributed by atoms with Gasteiger partial charge in [0.25, 0.3) is 0 Å². The third-order valence-electron chi connectivity index (χ3n) is 9.69. The van der Waals surface area contributed by atoms with Gasteiger partial charge in [0.2, 0.25) is 0 Å². The number of fused-ring (bicyclic) bond motifs is 1. The summed E-state index contributed by atoms with van der Waals surface area (Å²) in [5, 5.41) is 1.71. The zero-order valence-corrected chi connectivity index (χ0v) is 24.7. The monoisotopic (exact) mass is 620 g/mol. The first-order valence-electron chi connectivity index (χ1n) is 14.9. The molecule has 4 aromatic carbocycles. The van der Waals surface area contributed by atoms with Crippen LogP contribution in [0.1, 0.15) is 60.0 Å². The van der Waals surface area contributed by atoms with Gasteiger partial charge in [-0.25, -0.2) is 4.79 Å². The van der Waals surface area contributed by atoms with Crippen molar-refractivity contribution in [1.82, 2.24) is 0 Å². The van der Waals surface area contributed by atoms with Gasteiger partial charge in [-0.15, -0.1) is 0 Å². The van der Waals surface area contributed by atoms with E-state index in [4.69, 9.17) is 8.92 Å². The summed E-state index contributed by atoms with van der Waals surface area (Å²) in [6.07, 6.45) is 5.86.